The van der Waals surface area contributed by atoms with Gasteiger partial charge >= 0.3 is 0 Å². The van der Waals surface area contributed by atoms with Crippen LogP contribution in [0.3, 0.4) is 0 Å². The second-order valence-electron chi connectivity index (χ2n) is 7.06. The van der Waals surface area contributed by atoms with Gasteiger partial charge in [-0.3, -0.25) is 4.79 Å². The maximum atomic E-state index is 11.9. The van der Waals surface area contributed by atoms with Gasteiger partial charge in [-0.15, -0.1) is 0 Å². The van der Waals surface area contributed by atoms with Crippen LogP contribution in [-0.4, -0.2) is 41.3 Å². The number of hydrogen-bond donors (Lipinski definition) is 1. The average molecular weight is 385 g/mol. The third-order valence-electron chi connectivity index (χ3n) is 4.52. The van der Waals surface area contributed by atoms with Crippen LogP contribution in [-0.2, 0) is 4.79 Å². The first-order valence-corrected chi connectivity index (χ1v) is 10.5. The van der Waals surface area contributed by atoms with Gasteiger partial charge in [0.05, 0.1) is 5.75 Å². The van der Waals surface area contributed by atoms with Crippen LogP contribution in [0.1, 0.15) is 52.4 Å². The van der Waals surface area contributed by atoms with Gasteiger partial charge in [-0.05, 0) is 25.2 Å². The molecule has 1 aliphatic rings. The highest BCUT2D eigenvalue weighted by Gasteiger charge is 2.20. The lowest BCUT2D eigenvalue weighted by Gasteiger charge is -2.32. The smallest absolute Gasteiger partial charge is 0.230 e. The summed E-state index contributed by atoms with van der Waals surface area (Å²) in [5.41, 5.74) is 0. The van der Waals surface area contributed by atoms with Gasteiger partial charge in [0, 0.05) is 25.7 Å². The Balaban J connectivity index is 1.90. The molecule has 0 saturated heterocycles. The molecule has 0 spiro atoms. The fraction of sp³-hybridized carbons (Fsp3) is 0.722. The van der Waals surface area contributed by atoms with E-state index < -0.39 is 0 Å². The van der Waals surface area contributed by atoms with Gasteiger partial charge in [0.1, 0.15) is 11.0 Å². The first-order valence-electron chi connectivity index (χ1n) is 9.12. The molecule has 25 heavy (non-hydrogen) atoms. The van der Waals surface area contributed by atoms with Crippen molar-refractivity contribution < 1.29 is 4.79 Å². The molecule has 7 heteroatoms. The first-order chi connectivity index (χ1) is 12.0. The molecule has 1 saturated carbocycles. The van der Waals surface area contributed by atoms with Crippen LogP contribution in [0, 0.1) is 5.92 Å². The monoisotopic (exact) mass is 384 g/mol. The van der Waals surface area contributed by atoms with Crippen molar-refractivity contribution >= 4 is 35.1 Å². The van der Waals surface area contributed by atoms with Crippen LogP contribution in [0.15, 0.2) is 11.2 Å². The van der Waals surface area contributed by atoms with Crippen molar-refractivity contribution in [1.29, 1.82) is 0 Å². The number of rotatable bonds is 8. The Morgan fingerprint density at radius 1 is 1.36 bits per heavy atom. The molecule has 1 aliphatic carbocycles. The number of aromatic nitrogens is 2. The van der Waals surface area contributed by atoms with Crippen molar-refractivity contribution in [3.8, 4) is 0 Å². The predicted molar refractivity (Wildman–Crippen MR) is 106 cm³/mol. The van der Waals surface area contributed by atoms with Gasteiger partial charge in [-0.2, -0.15) is 0 Å². The van der Waals surface area contributed by atoms with Crippen molar-refractivity contribution in [1.82, 2.24) is 15.3 Å². The van der Waals surface area contributed by atoms with Crippen molar-refractivity contribution in [3.63, 3.8) is 0 Å². The number of anilines is 1. The summed E-state index contributed by atoms with van der Waals surface area (Å²) in [7, 11) is 2.07. The van der Waals surface area contributed by atoms with E-state index in [0.29, 0.717) is 34.6 Å². The number of thioether (sulfide) groups is 1. The third kappa shape index (κ3) is 7.02. The minimum atomic E-state index is 0.0106. The largest absolute Gasteiger partial charge is 0.357 e. The Kier molecular flexibility index (Phi) is 8.30. The number of carbonyl (C=O) groups excluding carboxylic acids is 1. The Bertz CT molecular complexity index is 564. The lowest BCUT2D eigenvalue weighted by Crippen LogP contribution is -2.34. The molecular formula is C18H29ClN4OS. The molecule has 0 aromatic carbocycles. The SMILES string of the molecule is CC(C)CCNC(=O)CSc1nc(Cl)cc(N(C)C2CCCCC2)n1. The van der Waals surface area contributed by atoms with Crippen LogP contribution in [0.4, 0.5) is 5.82 Å². The van der Waals surface area contributed by atoms with Crippen molar-refractivity contribution in [2.75, 3.05) is 24.2 Å². The molecule has 2 rings (SSSR count). The van der Waals surface area contributed by atoms with E-state index in [1.54, 1.807) is 0 Å². The van der Waals surface area contributed by atoms with E-state index in [0.717, 1.165) is 12.2 Å². The van der Waals surface area contributed by atoms with Crippen LogP contribution < -0.4 is 10.2 Å². The highest BCUT2D eigenvalue weighted by molar-refractivity contribution is 7.99. The molecule has 1 aromatic heterocycles. The Morgan fingerprint density at radius 2 is 2.08 bits per heavy atom. The molecule has 0 bridgehead atoms. The number of carbonyl (C=O) groups is 1. The summed E-state index contributed by atoms with van der Waals surface area (Å²) in [5.74, 6) is 1.75. The Morgan fingerprint density at radius 3 is 2.76 bits per heavy atom. The van der Waals surface area contributed by atoms with E-state index in [9.17, 15) is 4.79 Å². The standard InChI is InChI=1S/C18H29ClN4OS/c1-13(2)9-10-20-17(24)12-25-18-21-15(19)11-16(22-18)23(3)14-7-5-4-6-8-14/h11,13-14H,4-10,12H2,1-3H3,(H,20,24). The lowest BCUT2D eigenvalue weighted by atomic mass is 9.94. The Labute approximate surface area is 160 Å². The molecule has 140 valence electrons. The lowest BCUT2D eigenvalue weighted by molar-refractivity contribution is -0.118. The zero-order valence-electron chi connectivity index (χ0n) is 15.4. The van der Waals surface area contributed by atoms with E-state index in [-0.39, 0.29) is 5.91 Å². The minimum absolute atomic E-state index is 0.0106. The van der Waals surface area contributed by atoms with Gasteiger partial charge in [0.15, 0.2) is 5.16 Å². The summed E-state index contributed by atoms with van der Waals surface area (Å²) in [6, 6.07) is 2.32. The summed E-state index contributed by atoms with van der Waals surface area (Å²) < 4.78 is 0. The van der Waals surface area contributed by atoms with E-state index in [4.69, 9.17) is 11.6 Å². The predicted octanol–water partition coefficient (Wildman–Crippen LogP) is 4.15. The summed E-state index contributed by atoms with van der Waals surface area (Å²) in [4.78, 5) is 23.0. The second-order valence-corrected chi connectivity index (χ2v) is 8.39. The third-order valence-corrected chi connectivity index (χ3v) is 5.56. The zero-order chi connectivity index (χ0) is 18.2. The summed E-state index contributed by atoms with van der Waals surface area (Å²) in [5, 5.41) is 3.91. The fourth-order valence-electron chi connectivity index (χ4n) is 2.97. The molecule has 5 nitrogen and oxygen atoms in total. The van der Waals surface area contributed by atoms with Crippen LogP contribution in [0.5, 0.6) is 0 Å². The highest BCUT2D eigenvalue weighted by atomic mass is 35.5. The molecular weight excluding hydrogens is 356 g/mol. The molecule has 0 atom stereocenters. The van der Waals surface area contributed by atoms with Crippen molar-refractivity contribution in [2.45, 2.75) is 63.6 Å². The van der Waals surface area contributed by atoms with Gasteiger partial charge < -0.3 is 10.2 Å². The van der Waals surface area contributed by atoms with Gasteiger partial charge in [0.25, 0.3) is 0 Å². The molecule has 0 unspecified atom stereocenters. The van der Waals surface area contributed by atoms with Gasteiger partial charge in [0.2, 0.25) is 5.91 Å². The molecule has 0 radical (unpaired) electrons. The van der Waals surface area contributed by atoms with Crippen molar-refractivity contribution in [3.05, 3.63) is 11.2 Å². The van der Waals surface area contributed by atoms with Gasteiger partial charge in [-0.1, -0.05) is 56.5 Å². The maximum absolute atomic E-state index is 11.9. The molecule has 1 heterocycles. The van der Waals surface area contributed by atoms with E-state index in [1.165, 1.54) is 43.9 Å². The zero-order valence-corrected chi connectivity index (χ0v) is 17.0. The minimum Gasteiger partial charge on any atom is -0.357 e. The molecule has 0 aliphatic heterocycles. The van der Waals surface area contributed by atoms with Crippen LogP contribution in [0.25, 0.3) is 0 Å². The highest BCUT2D eigenvalue weighted by Crippen LogP contribution is 2.27. The number of hydrogen-bond acceptors (Lipinski definition) is 5. The van der Waals surface area contributed by atoms with Crippen LogP contribution in [0.2, 0.25) is 5.15 Å². The quantitative estimate of drug-likeness (QED) is 0.414. The number of nitrogens with one attached hydrogen (secondary N) is 1. The van der Waals surface area contributed by atoms with Gasteiger partial charge in [-0.25, -0.2) is 9.97 Å². The van der Waals surface area contributed by atoms with Crippen molar-refractivity contribution in [2.24, 2.45) is 5.92 Å². The fourth-order valence-corrected chi connectivity index (χ4v) is 3.88. The van der Waals surface area contributed by atoms with Crippen LogP contribution >= 0.6 is 23.4 Å². The summed E-state index contributed by atoms with van der Waals surface area (Å²) in [6.07, 6.45) is 7.23. The van der Waals surface area contributed by atoms with E-state index in [1.807, 2.05) is 6.07 Å². The number of amides is 1. The number of halogens is 1. The average Bonchev–Trinajstić information content (AvgIpc) is 2.59. The molecule has 1 aromatic rings. The molecule has 1 N–H and O–H groups in total. The second kappa shape index (κ2) is 10.2. The molecule has 1 amide bonds. The first kappa shape index (κ1) is 20.3. The number of nitrogens with zero attached hydrogens (tertiary/aromatic N) is 3. The topological polar surface area (TPSA) is 58.1 Å². The normalized spacial score (nSPS) is 15.4. The summed E-state index contributed by atoms with van der Waals surface area (Å²) >= 11 is 7.51. The maximum Gasteiger partial charge on any atom is 0.230 e. The Hall–Kier alpha value is -1.01. The molecule has 1 fully saturated rings. The van der Waals surface area contributed by atoms with E-state index >= 15 is 0 Å². The summed E-state index contributed by atoms with van der Waals surface area (Å²) in [6.45, 7) is 5.00. The van der Waals surface area contributed by atoms with E-state index in [2.05, 4.69) is 41.1 Å².